The molecule has 0 bridgehead atoms. The van der Waals surface area contributed by atoms with E-state index in [1.807, 2.05) is 0 Å². The molecule has 0 aromatic carbocycles. The number of ether oxygens (including phenoxy) is 18. The van der Waals surface area contributed by atoms with Crippen LogP contribution in [0.1, 0.15) is 48.0 Å². The lowest BCUT2D eigenvalue weighted by Crippen LogP contribution is -2.70. The van der Waals surface area contributed by atoms with E-state index < -0.39 is 371 Å². The Balaban J connectivity index is 1.01. The topological polar surface area (TPSA) is 785 Å². The molecule has 682 valence electrons. The van der Waals surface area contributed by atoms with Crippen molar-refractivity contribution in [3.63, 3.8) is 0 Å². The van der Waals surface area contributed by atoms with Crippen molar-refractivity contribution >= 4 is 30.1 Å². The lowest BCUT2D eigenvalue weighted by molar-refractivity contribution is -0.424. The first-order chi connectivity index (χ1) is 55.8. The van der Waals surface area contributed by atoms with E-state index >= 15 is 0 Å². The van der Waals surface area contributed by atoms with Crippen LogP contribution >= 0.6 is 0 Å². The van der Waals surface area contributed by atoms with E-state index in [0.29, 0.717) is 0 Å². The number of rotatable bonds is 33. The van der Waals surface area contributed by atoms with Crippen molar-refractivity contribution in [2.75, 3.05) is 59.5 Å². The van der Waals surface area contributed by atoms with E-state index in [-0.39, 0.29) is 6.47 Å². The Bertz CT molecular complexity index is 3180. The number of amides is 4. The average molecular weight is 1730 g/mol. The van der Waals surface area contributed by atoms with Crippen molar-refractivity contribution in [2.24, 2.45) is 5.92 Å². The second kappa shape index (κ2) is 42.6. The predicted octanol–water partition coefficient (Wildman–Crippen LogP) is -18.5. The number of aliphatic hydroxyl groups is 24. The van der Waals surface area contributed by atoms with Crippen molar-refractivity contribution < 1.29 is 232 Å². The van der Waals surface area contributed by atoms with Gasteiger partial charge in [0, 0.05) is 33.6 Å². The summed E-state index contributed by atoms with van der Waals surface area (Å²) in [7, 11) is 0. The Morgan fingerprint density at radius 2 is 0.737 bits per heavy atom. The van der Waals surface area contributed by atoms with Crippen LogP contribution in [-0.2, 0) is 109 Å². The first kappa shape index (κ1) is 97.5. The van der Waals surface area contributed by atoms with Gasteiger partial charge in [-0.3, -0.25) is 24.0 Å². The number of carbonyl (C=O) groups is 5. The Hall–Kier alpha value is -4.29. The fourth-order valence-corrected chi connectivity index (χ4v) is 15.4. The highest BCUT2D eigenvalue weighted by atomic mass is 16.9. The molecule has 9 rings (SSSR count). The smallest absolute Gasteiger partial charge is 0.332 e. The van der Waals surface area contributed by atoms with Gasteiger partial charge in [0.05, 0.1) is 90.2 Å². The lowest BCUT2D eigenvalue weighted by atomic mass is 9.87. The third-order valence-corrected chi connectivity index (χ3v) is 21.9. The molecule has 118 heavy (non-hydrogen) atoms. The maximum Gasteiger partial charge on any atom is 0.332 e. The number of nitrogens with one attached hydrogen (secondary N) is 4. The van der Waals surface area contributed by atoms with Crippen molar-refractivity contribution in [1.82, 2.24) is 21.3 Å². The first-order valence-corrected chi connectivity index (χ1v) is 37.9. The molecular weight excluding hydrogens is 1610 g/mol. The Morgan fingerprint density at radius 1 is 0.381 bits per heavy atom. The zero-order chi connectivity index (χ0) is 87.1. The van der Waals surface area contributed by atoms with Crippen LogP contribution < -0.4 is 21.3 Å². The quantitative estimate of drug-likeness (QED) is 0.0214. The van der Waals surface area contributed by atoms with Gasteiger partial charge < -0.3 is 229 Å². The Morgan fingerprint density at radius 3 is 1.19 bits per heavy atom. The van der Waals surface area contributed by atoms with Crippen molar-refractivity contribution in [3.05, 3.63) is 0 Å². The molecule has 9 heterocycles. The maximum absolute atomic E-state index is 13.1. The van der Waals surface area contributed by atoms with Crippen molar-refractivity contribution in [2.45, 2.75) is 324 Å². The molecule has 0 aromatic rings. The number of hydrogen-bond acceptors (Lipinski definition) is 47. The molecule has 0 aliphatic carbocycles. The zero-order valence-electron chi connectivity index (χ0n) is 64.3. The molecular formula is C67H112N4O47. The summed E-state index contributed by atoms with van der Waals surface area (Å²) < 4.78 is 107. The Labute approximate surface area is 670 Å². The van der Waals surface area contributed by atoms with Crippen LogP contribution in [0.4, 0.5) is 0 Å². The molecule has 9 aliphatic rings. The number of hydrogen-bond donors (Lipinski definition) is 28. The maximum atomic E-state index is 13.1. The third kappa shape index (κ3) is 21.8. The van der Waals surface area contributed by atoms with Crippen LogP contribution in [0.3, 0.4) is 0 Å². The largest absolute Gasteiger partial charge is 0.410 e. The van der Waals surface area contributed by atoms with Gasteiger partial charge >= 0.3 is 5.97 Å². The lowest BCUT2D eigenvalue weighted by Gasteiger charge is -2.51. The van der Waals surface area contributed by atoms with Crippen LogP contribution in [-0.4, -0.2) is 488 Å². The average Bonchev–Trinajstić information content (AvgIpc) is 0.789. The van der Waals surface area contributed by atoms with Gasteiger partial charge in [-0.2, -0.15) is 0 Å². The van der Waals surface area contributed by atoms with E-state index in [9.17, 15) is 147 Å². The van der Waals surface area contributed by atoms with E-state index in [1.165, 1.54) is 13.8 Å². The molecule has 51 heteroatoms. The molecule has 28 N–H and O–H groups in total. The normalized spacial score (nSPS) is 47.5. The van der Waals surface area contributed by atoms with Crippen LogP contribution in [0.15, 0.2) is 0 Å². The van der Waals surface area contributed by atoms with E-state index in [1.54, 1.807) is 0 Å². The monoisotopic (exact) mass is 1720 g/mol. The molecule has 46 atom stereocenters. The highest BCUT2D eigenvalue weighted by Crippen LogP contribution is 2.42. The van der Waals surface area contributed by atoms with Crippen LogP contribution in [0.25, 0.3) is 0 Å². The van der Waals surface area contributed by atoms with Crippen molar-refractivity contribution in [3.8, 4) is 0 Å². The van der Waals surface area contributed by atoms with Gasteiger partial charge in [0.2, 0.25) is 23.6 Å². The zero-order valence-corrected chi connectivity index (χ0v) is 64.3. The first-order valence-electron chi connectivity index (χ1n) is 37.9. The van der Waals surface area contributed by atoms with Gasteiger partial charge in [-0.25, -0.2) is 0 Å². The molecule has 9 aliphatic heterocycles. The SMILES string of the molecule is CC(=O)NC1C(O)[C@H](O[C@@H]2OC(CO[C@]3(OC=O)C[C@@H](O)[C@@H](C)C(C(O)[C@H](O)CO)O3)[C@H](O)[C@H](O)C2O)[C@H](CO)O[C@H]1OC1[C@@H](OCC2O[C@@H](O[C@@H]3C(CO)O[C@@H](O[C@@H]4C(CO)O[C@@H](C)C(NC(C)=O)[C@H]4O)C(NC(C)=O)[C@H]3O)C(O)[C@@H](O[C@H]3OC(CO)[C@@H](O)C(O)C3O[C@@H]3OC(CO)[C@@H](O)[C@H](O)C3NC(C)=O)[C@@H]2O)OC(CO)[C@@H](O)[C@@H]1O. The summed E-state index contributed by atoms with van der Waals surface area (Å²) in [5, 5.41) is 278. The van der Waals surface area contributed by atoms with E-state index in [0.717, 1.165) is 27.7 Å². The second-order valence-corrected chi connectivity index (χ2v) is 30.1. The molecule has 9 saturated heterocycles. The molecule has 0 saturated carbocycles. The minimum Gasteiger partial charge on any atom is -0.410 e. The fourth-order valence-electron chi connectivity index (χ4n) is 15.4. The number of carbonyl (C=O) groups excluding carboxylic acids is 5. The number of aliphatic hydroxyl groups excluding tert-OH is 24. The van der Waals surface area contributed by atoms with Gasteiger partial charge in [0.25, 0.3) is 6.47 Å². The van der Waals surface area contributed by atoms with Gasteiger partial charge in [0.15, 0.2) is 44.0 Å². The van der Waals surface area contributed by atoms with Gasteiger partial charge in [-0.05, 0) is 6.92 Å². The molecule has 9 fully saturated rings. The van der Waals surface area contributed by atoms with E-state index in [4.69, 9.17) is 85.3 Å². The Kier molecular flexibility index (Phi) is 35.2. The molecule has 4 amide bonds. The van der Waals surface area contributed by atoms with Crippen LogP contribution in [0.5, 0.6) is 0 Å². The summed E-state index contributed by atoms with van der Waals surface area (Å²) >= 11 is 0. The van der Waals surface area contributed by atoms with Crippen LogP contribution in [0, 0.1) is 5.92 Å². The van der Waals surface area contributed by atoms with Crippen molar-refractivity contribution in [1.29, 1.82) is 0 Å². The minimum atomic E-state index is -2.65. The summed E-state index contributed by atoms with van der Waals surface area (Å²) in [6, 6.07) is -6.84. The third-order valence-electron chi connectivity index (χ3n) is 21.9. The molecule has 51 nitrogen and oxygen atoms in total. The molecule has 0 radical (unpaired) electrons. The summed E-state index contributed by atoms with van der Waals surface area (Å²) in [6.45, 7) is -3.02. The van der Waals surface area contributed by atoms with Gasteiger partial charge in [-0.15, -0.1) is 0 Å². The summed E-state index contributed by atoms with van der Waals surface area (Å²) in [5.41, 5.74) is 0. The summed E-state index contributed by atoms with van der Waals surface area (Å²) in [4.78, 5) is 62.7. The highest BCUT2D eigenvalue weighted by molar-refractivity contribution is 5.74. The summed E-state index contributed by atoms with van der Waals surface area (Å²) in [5.74, 6) is -7.04. The molecule has 0 aromatic heterocycles. The highest BCUT2D eigenvalue weighted by Gasteiger charge is 2.61. The van der Waals surface area contributed by atoms with Crippen LogP contribution in [0.2, 0.25) is 0 Å². The molecule has 0 spiro atoms. The predicted molar refractivity (Wildman–Crippen MR) is 367 cm³/mol. The standard InChI is InChI=1S/C67H112N4O47/c1-18-24(84)7-67(103-17-79,118-53(18)38(86)25(85)8-72)102-16-33-42(90)48(96)51(99)63(111-33)113-55-30(13-77)109-62(37(47(55)95)71-23(6)83)116-58-49(97)40(88)27(10-74)106-65(58)101-15-32-43(91)57(115-66-59(50(98)41(89)28(11-75)107-66)117-60-35(69-21(4)81)44(92)39(87)26(9-73)105-60)52(100)64(110-32)114-56-31(14-78)108-61(36(46(56)94)70-22(5)82)112-54-29(12-76)104-19(2)34(45(54)93)68-20(3)80/h17-19,24-66,72-78,84-100H,7-16H2,1-6H3,(H,68,80)(H,69,81)(H,70,82)(H,71,83)/t18-,19+,24-,25-,26?,27?,28?,29?,30+,31?,32?,33?,34?,35?,36?,37?,38?,39-,40-,41-,42+,43-,44-,45-,46-,47?,48+,49+,50?,51?,52?,53?,54-,55-,56-,57+,58?,59?,60+,61+,62+,63+,64+,65+,66-,67+/m1/s1. The summed E-state index contributed by atoms with van der Waals surface area (Å²) in [6.07, 6.45) is -81.9. The van der Waals surface area contributed by atoms with E-state index in [2.05, 4.69) is 21.3 Å². The minimum absolute atomic E-state index is 0.183. The van der Waals surface area contributed by atoms with Gasteiger partial charge in [0.1, 0.15) is 201 Å². The second-order valence-electron chi connectivity index (χ2n) is 30.1. The van der Waals surface area contributed by atoms with Gasteiger partial charge in [-0.1, -0.05) is 6.92 Å². The fraction of sp³-hybridized carbons (Fsp3) is 0.925. The molecule has 19 unspecified atom stereocenters.